The molecule has 0 saturated carbocycles. The van der Waals surface area contributed by atoms with E-state index in [-0.39, 0.29) is 17.6 Å². The number of nitrogens with zero attached hydrogens (tertiary/aromatic N) is 2. The number of anilines is 3. The number of nitrogens with two attached hydrogens (primary N) is 1. The van der Waals surface area contributed by atoms with Crippen molar-refractivity contribution in [2.75, 3.05) is 29.0 Å². The first kappa shape index (κ1) is 14.9. The van der Waals surface area contributed by atoms with E-state index in [0.717, 1.165) is 23.2 Å². The van der Waals surface area contributed by atoms with Gasteiger partial charge in [0.05, 0.1) is 5.69 Å². The number of oxazole rings is 1. The van der Waals surface area contributed by atoms with Crippen LogP contribution < -0.4 is 16.0 Å². The van der Waals surface area contributed by atoms with Crippen molar-refractivity contribution in [2.45, 2.75) is 19.3 Å². The number of benzene rings is 1. The van der Waals surface area contributed by atoms with Crippen LogP contribution in [0.2, 0.25) is 0 Å². The zero-order chi connectivity index (χ0) is 15.5. The third-order valence-corrected chi connectivity index (χ3v) is 4.37. The number of nitrogens with one attached hydrogen (secondary N) is 1. The van der Waals surface area contributed by atoms with Gasteiger partial charge in [0.2, 0.25) is 0 Å². The Hall–Kier alpha value is -2.02. The zero-order valence-electron chi connectivity index (χ0n) is 12.0. The quantitative estimate of drug-likeness (QED) is 0.872. The minimum Gasteiger partial charge on any atom is -0.431 e. The standard InChI is InChI=1S/C15H17BrN4O2/c16-11-5-4-10(20-6-2-1-3-7-20)8-12(11)18-14(21)13-9-22-15(17)19-13/h4-5,8-9H,1-3,6-7H2,(H2,17,19)(H,18,21). The molecule has 2 heterocycles. The molecule has 1 fully saturated rings. The fourth-order valence-electron chi connectivity index (χ4n) is 2.54. The van der Waals surface area contributed by atoms with Crippen LogP contribution in [0.5, 0.6) is 0 Å². The molecule has 0 bridgehead atoms. The summed E-state index contributed by atoms with van der Waals surface area (Å²) in [5.41, 5.74) is 7.36. The molecule has 7 heteroatoms. The summed E-state index contributed by atoms with van der Waals surface area (Å²) in [4.78, 5) is 18.3. The van der Waals surface area contributed by atoms with Crippen LogP contribution in [0.1, 0.15) is 29.8 Å². The number of piperidine rings is 1. The molecule has 1 aromatic carbocycles. The van der Waals surface area contributed by atoms with E-state index < -0.39 is 0 Å². The average molecular weight is 365 g/mol. The second kappa shape index (κ2) is 6.39. The summed E-state index contributed by atoms with van der Waals surface area (Å²) in [6.07, 6.45) is 4.93. The van der Waals surface area contributed by atoms with Crippen molar-refractivity contribution in [1.82, 2.24) is 4.98 Å². The molecule has 1 amide bonds. The molecule has 3 N–H and O–H groups in total. The van der Waals surface area contributed by atoms with E-state index in [1.54, 1.807) is 0 Å². The maximum atomic E-state index is 12.1. The van der Waals surface area contributed by atoms with Gasteiger partial charge >= 0.3 is 0 Å². The molecule has 1 aliphatic rings. The smallest absolute Gasteiger partial charge is 0.292 e. The van der Waals surface area contributed by atoms with Gasteiger partial charge in [-0.25, -0.2) is 0 Å². The van der Waals surface area contributed by atoms with E-state index in [1.807, 2.05) is 12.1 Å². The van der Waals surface area contributed by atoms with Gasteiger partial charge in [-0.15, -0.1) is 0 Å². The monoisotopic (exact) mass is 364 g/mol. The van der Waals surface area contributed by atoms with Crippen LogP contribution in [0.15, 0.2) is 33.4 Å². The van der Waals surface area contributed by atoms with Gasteiger partial charge in [0.25, 0.3) is 11.9 Å². The van der Waals surface area contributed by atoms with Crippen molar-refractivity contribution < 1.29 is 9.21 Å². The summed E-state index contributed by atoms with van der Waals surface area (Å²) in [6.45, 7) is 2.10. The van der Waals surface area contributed by atoms with Crippen molar-refractivity contribution in [3.05, 3.63) is 34.6 Å². The predicted molar refractivity (Wildman–Crippen MR) is 89.1 cm³/mol. The second-order valence-corrected chi connectivity index (χ2v) is 6.09. The fourth-order valence-corrected chi connectivity index (χ4v) is 2.88. The number of hydrogen-bond donors (Lipinski definition) is 2. The highest BCUT2D eigenvalue weighted by molar-refractivity contribution is 9.10. The number of nitrogen functional groups attached to an aromatic ring is 1. The average Bonchev–Trinajstić information content (AvgIpc) is 2.97. The van der Waals surface area contributed by atoms with Gasteiger partial charge in [0.1, 0.15) is 6.26 Å². The predicted octanol–water partition coefficient (Wildman–Crippen LogP) is 3.26. The lowest BCUT2D eigenvalue weighted by Crippen LogP contribution is -2.29. The summed E-state index contributed by atoms with van der Waals surface area (Å²) >= 11 is 3.46. The molecule has 116 valence electrons. The Labute approximate surface area is 136 Å². The molecule has 6 nitrogen and oxygen atoms in total. The molecule has 1 saturated heterocycles. The normalized spacial score (nSPS) is 14.9. The van der Waals surface area contributed by atoms with E-state index >= 15 is 0 Å². The maximum absolute atomic E-state index is 12.1. The fraction of sp³-hybridized carbons (Fsp3) is 0.333. The van der Waals surface area contributed by atoms with Crippen molar-refractivity contribution in [3.63, 3.8) is 0 Å². The van der Waals surface area contributed by atoms with Crippen molar-refractivity contribution in [3.8, 4) is 0 Å². The molecule has 0 radical (unpaired) electrons. The second-order valence-electron chi connectivity index (χ2n) is 5.24. The van der Waals surface area contributed by atoms with Gasteiger partial charge in [0, 0.05) is 23.2 Å². The van der Waals surface area contributed by atoms with Gasteiger partial charge in [-0.1, -0.05) is 0 Å². The highest BCUT2D eigenvalue weighted by Gasteiger charge is 2.15. The van der Waals surface area contributed by atoms with Gasteiger partial charge in [-0.2, -0.15) is 4.98 Å². The first-order valence-corrected chi connectivity index (χ1v) is 7.99. The number of carbonyl (C=O) groups is 1. The number of aromatic nitrogens is 1. The van der Waals surface area contributed by atoms with Crippen LogP contribution in [0.4, 0.5) is 17.4 Å². The van der Waals surface area contributed by atoms with Crippen LogP contribution in [-0.2, 0) is 0 Å². The van der Waals surface area contributed by atoms with E-state index in [2.05, 4.69) is 37.2 Å². The maximum Gasteiger partial charge on any atom is 0.292 e. The number of amides is 1. The highest BCUT2D eigenvalue weighted by atomic mass is 79.9. The van der Waals surface area contributed by atoms with Crippen LogP contribution in [0.3, 0.4) is 0 Å². The van der Waals surface area contributed by atoms with Gasteiger partial charge in [0.15, 0.2) is 5.69 Å². The molecule has 0 unspecified atom stereocenters. The molecular formula is C15H17BrN4O2. The molecule has 1 aliphatic heterocycles. The third kappa shape index (κ3) is 3.24. The van der Waals surface area contributed by atoms with Crippen LogP contribution >= 0.6 is 15.9 Å². The van der Waals surface area contributed by atoms with E-state index in [4.69, 9.17) is 10.2 Å². The SMILES string of the molecule is Nc1nc(C(=O)Nc2cc(N3CCCCC3)ccc2Br)co1. The van der Waals surface area contributed by atoms with Crippen LogP contribution in [0.25, 0.3) is 0 Å². The topological polar surface area (TPSA) is 84.4 Å². The van der Waals surface area contributed by atoms with Gasteiger partial charge < -0.3 is 20.4 Å². The summed E-state index contributed by atoms with van der Waals surface area (Å²) < 4.78 is 5.68. The van der Waals surface area contributed by atoms with Gasteiger partial charge in [-0.05, 0) is 53.4 Å². The molecule has 0 spiro atoms. The lowest BCUT2D eigenvalue weighted by atomic mass is 10.1. The van der Waals surface area contributed by atoms with Crippen molar-refractivity contribution in [1.29, 1.82) is 0 Å². The minimum atomic E-state index is -0.350. The Morgan fingerprint density at radius 2 is 2.09 bits per heavy atom. The Balaban J connectivity index is 1.79. The van der Waals surface area contributed by atoms with E-state index in [0.29, 0.717) is 5.69 Å². The number of rotatable bonds is 3. The third-order valence-electron chi connectivity index (χ3n) is 3.67. The van der Waals surface area contributed by atoms with Crippen molar-refractivity contribution >= 4 is 39.2 Å². The Kier molecular flexibility index (Phi) is 4.33. The van der Waals surface area contributed by atoms with E-state index in [1.165, 1.54) is 25.5 Å². The minimum absolute atomic E-state index is 0.0220. The molecule has 2 aromatic rings. The summed E-state index contributed by atoms with van der Waals surface area (Å²) in [5.74, 6) is -0.350. The largest absolute Gasteiger partial charge is 0.431 e. The first-order chi connectivity index (χ1) is 10.6. The zero-order valence-corrected chi connectivity index (χ0v) is 13.6. The van der Waals surface area contributed by atoms with Gasteiger partial charge in [-0.3, -0.25) is 4.79 Å². The van der Waals surface area contributed by atoms with Crippen LogP contribution in [0, 0.1) is 0 Å². The summed E-state index contributed by atoms with van der Waals surface area (Å²) in [5, 5.41) is 2.83. The Bertz CT molecular complexity index is 680. The number of halogens is 1. The lowest BCUT2D eigenvalue weighted by Gasteiger charge is -2.29. The molecule has 0 aliphatic carbocycles. The Morgan fingerprint density at radius 3 is 2.77 bits per heavy atom. The molecular weight excluding hydrogens is 348 g/mol. The molecule has 1 aromatic heterocycles. The summed E-state index contributed by atoms with van der Waals surface area (Å²) in [7, 11) is 0. The van der Waals surface area contributed by atoms with Crippen molar-refractivity contribution in [2.24, 2.45) is 0 Å². The Morgan fingerprint density at radius 1 is 1.32 bits per heavy atom. The highest BCUT2D eigenvalue weighted by Crippen LogP contribution is 2.29. The molecule has 22 heavy (non-hydrogen) atoms. The van der Waals surface area contributed by atoms with Crippen LogP contribution in [-0.4, -0.2) is 24.0 Å². The lowest BCUT2D eigenvalue weighted by molar-refractivity contribution is 0.102. The van der Waals surface area contributed by atoms with E-state index in [9.17, 15) is 4.79 Å². The molecule has 3 rings (SSSR count). The number of carbonyl (C=O) groups excluding carboxylic acids is 1. The first-order valence-electron chi connectivity index (χ1n) is 7.20. The number of hydrogen-bond acceptors (Lipinski definition) is 5. The molecule has 0 atom stereocenters. The summed E-state index contributed by atoms with van der Waals surface area (Å²) in [6, 6.07) is 5.94.